The SMILES string of the molecule is COC(=O)CCc1ccc(C(=Nc2ccc(CNC(=O)OC(C)(C)C)cc2)C2C(=O)Nc3cc(F)ccc32)cc1. The number of carbonyl (C=O) groups is 3. The number of hydrogen-bond acceptors (Lipinski definition) is 6. The Balaban J connectivity index is 1.61. The van der Waals surface area contributed by atoms with Crippen molar-refractivity contribution < 1.29 is 28.2 Å². The van der Waals surface area contributed by atoms with Crippen LogP contribution in [0.4, 0.5) is 20.6 Å². The zero-order chi connectivity index (χ0) is 28.9. The minimum absolute atomic E-state index is 0.260. The Hall–Kier alpha value is -4.53. The summed E-state index contributed by atoms with van der Waals surface area (Å²) in [6.45, 7) is 5.67. The van der Waals surface area contributed by atoms with Gasteiger partial charge in [0.25, 0.3) is 0 Å². The molecule has 0 fully saturated rings. The number of fused-ring (bicyclic) bond motifs is 1. The molecule has 1 heterocycles. The first kappa shape index (κ1) is 28.5. The Morgan fingerprint density at radius 1 is 1.00 bits per heavy atom. The van der Waals surface area contributed by atoms with Crippen LogP contribution in [-0.2, 0) is 32.0 Å². The standard InChI is InChI=1S/C31H32FN3O5/c1-31(2,3)40-30(38)33-18-20-7-13-23(14-8-20)34-28(21-10-5-19(6-11-21)9-16-26(36)39-4)27-24-15-12-22(32)17-25(24)35-29(27)37/h5-8,10-15,17,27H,9,16,18H2,1-4H3,(H,33,38)(H,35,37). The van der Waals surface area contributed by atoms with Crippen LogP contribution in [0.2, 0.25) is 0 Å². The smallest absolute Gasteiger partial charge is 0.407 e. The van der Waals surface area contributed by atoms with Crippen molar-refractivity contribution in [3.63, 3.8) is 0 Å². The van der Waals surface area contributed by atoms with E-state index in [4.69, 9.17) is 14.5 Å². The van der Waals surface area contributed by atoms with Crippen molar-refractivity contribution in [1.29, 1.82) is 0 Å². The van der Waals surface area contributed by atoms with Crippen molar-refractivity contribution in [3.05, 3.63) is 94.8 Å². The molecule has 4 rings (SSSR count). The Morgan fingerprint density at radius 2 is 1.68 bits per heavy atom. The number of carbonyl (C=O) groups excluding carboxylic acids is 3. The number of nitrogens with zero attached hydrogens (tertiary/aromatic N) is 1. The molecule has 208 valence electrons. The van der Waals surface area contributed by atoms with E-state index >= 15 is 0 Å². The summed E-state index contributed by atoms with van der Waals surface area (Å²) in [5.74, 6) is -1.77. The third-order valence-electron chi connectivity index (χ3n) is 6.24. The third-order valence-corrected chi connectivity index (χ3v) is 6.24. The van der Waals surface area contributed by atoms with Gasteiger partial charge in [0.05, 0.1) is 18.5 Å². The fourth-order valence-electron chi connectivity index (χ4n) is 4.31. The first-order valence-corrected chi connectivity index (χ1v) is 12.9. The van der Waals surface area contributed by atoms with Crippen LogP contribution in [0.15, 0.2) is 71.7 Å². The summed E-state index contributed by atoms with van der Waals surface area (Å²) < 4.78 is 23.9. The molecule has 1 unspecified atom stereocenters. The van der Waals surface area contributed by atoms with Gasteiger partial charge in [-0.15, -0.1) is 0 Å². The van der Waals surface area contributed by atoms with Gasteiger partial charge in [-0.05, 0) is 73.7 Å². The van der Waals surface area contributed by atoms with Crippen molar-refractivity contribution >= 4 is 35.1 Å². The fourth-order valence-corrected chi connectivity index (χ4v) is 4.31. The van der Waals surface area contributed by atoms with E-state index < -0.39 is 23.4 Å². The van der Waals surface area contributed by atoms with Gasteiger partial charge >= 0.3 is 12.1 Å². The van der Waals surface area contributed by atoms with Gasteiger partial charge in [0, 0.05) is 18.7 Å². The van der Waals surface area contributed by atoms with E-state index in [1.165, 1.54) is 19.2 Å². The molecule has 0 aromatic heterocycles. The summed E-state index contributed by atoms with van der Waals surface area (Å²) in [4.78, 5) is 41.5. The van der Waals surface area contributed by atoms with Gasteiger partial charge in [-0.25, -0.2) is 9.18 Å². The molecule has 0 radical (unpaired) electrons. The third kappa shape index (κ3) is 7.31. The number of benzene rings is 3. The molecule has 9 heteroatoms. The van der Waals surface area contributed by atoms with E-state index in [1.807, 2.05) is 36.4 Å². The number of anilines is 1. The number of aliphatic imine (C=N–C) groups is 1. The summed E-state index contributed by atoms with van der Waals surface area (Å²) in [5.41, 5.74) is 4.08. The Bertz CT molecular complexity index is 1430. The average molecular weight is 546 g/mol. The molecular formula is C31H32FN3O5. The minimum Gasteiger partial charge on any atom is -0.469 e. The second kappa shape index (κ2) is 12.1. The van der Waals surface area contributed by atoms with E-state index in [0.717, 1.165) is 16.7 Å². The number of halogens is 1. The van der Waals surface area contributed by atoms with Gasteiger partial charge in [0.2, 0.25) is 5.91 Å². The van der Waals surface area contributed by atoms with Crippen LogP contribution < -0.4 is 10.6 Å². The molecule has 1 atom stereocenters. The van der Waals surface area contributed by atoms with Gasteiger partial charge in [0.15, 0.2) is 0 Å². The van der Waals surface area contributed by atoms with Crippen molar-refractivity contribution in [3.8, 4) is 0 Å². The van der Waals surface area contributed by atoms with Crippen molar-refractivity contribution in [1.82, 2.24) is 5.32 Å². The number of amides is 2. The maximum atomic E-state index is 13.9. The highest BCUT2D eigenvalue weighted by Crippen LogP contribution is 2.36. The minimum atomic E-state index is -0.745. The van der Waals surface area contributed by atoms with Gasteiger partial charge < -0.3 is 20.1 Å². The molecule has 2 amide bonds. The molecular weight excluding hydrogens is 513 g/mol. The summed E-state index contributed by atoms with van der Waals surface area (Å²) in [7, 11) is 1.36. The van der Waals surface area contributed by atoms with Crippen LogP contribution in [0.5, 0.6) is 0 Å². The lowest BCUT2D eigenvalue weighted by molar-refractivity contribution is -0.140. The molecule has 0 saturated heterocycles. The summed E-state index contributed by atoms with van der Waals surface area (Å²) in [5, 5.41) is 5.49. The first-order valence-electron chi connectivity index (χ1n) is 12.9. The fraction of sp³-hybridized carbons (Fsp3) is 0.290. The van der Waals surface area contributed by atoms with E-state index in [2.05, 4.69) is 10.6 Å². The second-order valence-corrected chi connectivity index (χ2v) is 10.4. The predicted molar refractivity (Wildman–Crippen MR) is 150 cm³/mol. The number of ether oxygens (including phenoxy) is 2. The first-order chi connectivity index (χ1) is 19.0. The van der Waals surface area contributed by atoms with E-state index in [0.29, 0.717) is 29.1 Å². The lowest BCUT2D eigenvalue weighted by atomic mass is 9.90. The number of alkyl carbamates (subject to hydrolysis) is 1. The van der Waals surface area contributed by atoms with Crippen LogP contribution in [0.1, 0.15) is 55.4 Å². The lowest BCUT2D eigenvalue weighted by Crippen LogP contribution is -2.32. The molecule has 3 aromatic rings. The van der Waals surface area contributed by atoms with Gasteiger partial charge in [0.1, 0.15) is 17.3 Å². The highest BCUT2D eigenvalue weighted by molar-refractivity contribution is 6.24. The van der Waals surface area contributed by atoms with Gasteiger partial charge in [-0.2, -0.15) is 0 Å². The lowest BCUT2D eigenvalue weighted by Gasteiger charge is -2.19. The zero-order valence-electron chi connectivity index (χ0n) is 22.9. The molecule has 0 bridgehead atoms. The van der Waals surface area contributed by atoms with E-state index in [9.17, 15) is 18.8 Å². The Kier molecular flexibility index (Phi) is 8.62. The average Bonchev–Trinajstić information content (AvgIpc) is 3.23. The number of esters is 1. The number of nitrogens with one attached hydrogen (secondary N) is 2. The number of aryl methyl sites for hydroxylation is 1. The summed E-state index contributed by atoms with van der Waals surface area (Å²) in [6.07, 6.45) is 0.273. The molecule has 40 heavy (non-hydrogen) atoms. The van der Waals surface area contributed by atoms with E-state index in [1.54, 1.807) is 39.0 Å². The van der Waals surface area contributed by atoms with Crippen LogP contribution in [-0.4, -0.2) is 36.4 Å². The Labute approximate surface area is 232 Å². The highest BCUT2D eigenvalue weighted by atomic mass is 19.1. The predicted octanol–water partition coefficient (Wildman–Crippen LogP) is 5.81. The summed E-state index contributed by atoms with van der Waals surface area (Å²) in [6, 6.07) is 19.0. The largest absolute Gasteiger partial charge is 0.469 e. The molecule has 1 aliphatic rings. The van der Waals surface area contributed by atoms with Crippen molar-refractivity contribution in [2.45, 2.75) is 51.7 Å². The second-order valence-electron chi connectivity index (χ2n) is 10.4. The molecule has 1 aliphatic heterocycles. The maximum absolute atomic E-state index is 13.9. The molecule has 3 aromatic carbocycles. The van der Waals surface area contributed by atoms with Crippen molar-refractivity contribution in [2.75, 3.05) is 12.4 Å². The van der Waals surface area contributed by atoms with Gasteiger partial charge in [-0.3, -0.25) is 14.6 Å². The molecule has 0 saturated carbocycles. The number of methoxy groups -OCH3 is 1. The Morgan fingerprint density at radius 3 is 2.33 bits per heavy atom. The maximum Gasteiger partial charge on any atom is 0.407 e. The van der Waals surface area contributed by atoms with Crippen LogP contribution >= 0.6 is 0 Å². The highest BCUT2D eigenvalue weighted by Gasteiger charge is 2.35. The number of hydrogen-bond donors (Lipinski definition) is 2. The van der Waals surface area contributed by atoms with Crippen LogP contribution in [0.3, 0.4) is 0 Å². The zero-order valence-corrected chi connectivity index (χ0v) is 22.9. The van der Waals surface area contributed by atoms with E-state index in [-0.39, 0.29) is 24.8 Å². The molecule has 2 N–H and O–H groups in total. The normalized spacial score (nSPS) is 14.8. The quantitative estimate of drug-likeness (QED) is 0.274. The van der Waals surface area contributed by atoms with Gasteiger partial charge in [-0.1, -0.05) is 42.5 Å². The monoisotopic (exact) mass is 545 g/mol. The topological polar surface area (TPSA) is 106 Å². The van der Waals surface area contributed by atoms with Crippen LogP contribution in [0, 0.1) is 5.82 Å². The number of rotatable bonds is 8. The van der Waals surface area contributed by atoms with Crippen molar-refractivity contribution in [2.24, 2.45) is 4.99 Å². The molecule has 8 nitrogen and oxygen atoms in total. The summed E-state index contributed by atoms with van der Waals surface area (Å²) >= 11 is 0. The molecule has 0 aliphatic carbocycles. The molecule has 0 spiro atoms. The van der Waals surface area contributed by atoms with Crippen LogP contribution in [0.25, 0.3) is 0 Å².